The molecule has 1 atom stereocenters. The Balaban J connectivity index is 3.06. The number of carbonyl (C=O) groups is 1. The van der Waals surface area contributed by atoms with E-state index in [-0.39, 0.29) is 0 Å². The first-order valence-corrected chi connectivity index (χ1v) is 3.88. The molecule has 15 heavy (non-hydrogen) atoms. The minimum absolute atomic E-state index is 0.476. The van der Waals surface area contributed by atoms with Crippen molar-refractivity contribution in [1.82, 2.24) is 15.0 Å². The molecule has 5 nitrogen and oxygen atoms in total. The van der Waals surface area contributed by atoms with Gasteiger partial charge in [0, 0.05) is 0 Å². The largest absolute Gasteiger partial charge is 0.398 e. The second-order valence-electron chi connectivity index (χ2n) is 2.79. The van der Waals surface area contributed by atoms with Crippen molar-refractivity contribution < 1.29 is 18.0 Å². The number of carbonyl (C=O) groups excluding carboxylic acids is 1. The summed E-state index contributed by atoms with van der Waals surface area (Å²) in [4.78, 5) is 20.6. The van der Waals surface area contributed by atoms with Gasteiger partial charge in [-0.3, -0.25) is 4.79 Å². The van der Waals surface area contributed by atoms with Crippen LogP contribution in [0.1, 0.15) is 29.3 Å². The molecule has 0 aliphatic heterocycles. The number of alkyl halides is 3. The van der Waals surface area contributed by atoms with Crippen LogP contribution < -0.4 is 5.73 Å². The highest BCUT2D eigenvalue weighted by molar-refractivity contribution is 5.88. The molecule has 0 radical (unpaired) electrons. The fraction of sp³-hybridized carbons (Fsp3) is 0.429. The Bertz CT molecular complexity index is 379. The van der Waals surface area contributed by atoms with Gasteiger partial charge in [0.25, 0.3) is 5.91 Å². The first kappa shape index (κ1) is 11.3. The molecular formula is C7H7F3N4O. The Hall–Kier alpha value is -1.73. The van der Waals surface area contributed by atoms with Crippen molar-refractivity contribution >= 4 is 5.91 Å². The number of nitrogens with zero attached hydrogens (tertiary/aromatic N) is 3. The molecule has 0 saturated heterocycles. The highest BCUT2D eigenvalue weighted by Gasteiger charge is 2.39. The van der Waals surface area contributed by atoms with Crippen molar-refractivity contribution in [1.29, 1.82) is 0 Å². The van der Waals surface area contributed by atoms with E-state index >= 15 is 0 Å². The summed E-state index contributed by atoms with van der Waals surface area (Å²) in [6.07, 6.45) is -3.64. The third-order valence-electron chi connectivity index (χ3n) is 1.69. The molecule has 0 aromatic carbocycles. The number of nitrogens with two attached hydrogens (primary N) is 1. The summed E-state index contributed by atoms with van der Waals surface area (Å²) in [5, 5.41) is 0. The zero-order valence-electron chi connectivity index (χ0n) is 7.62. The van der Waals surface area contributed by atoms with E-state index in [0.717, 1.165) is 13.3 Å². The molecule has 1 aromatic heterocycles. The Labute approximate surface area is 82.5 Å². The number of hydrogen-bond donors (Lipinski definition) is 1. The molecule has 1 amide bonds. The van der Waals surface area contributed by atoms with Crippen LogP contribution in [0, 0.1) is 0 Å². The SMILES string of the molecule is C[C@@H](c1ncnc(C(N)=O)n1)C(F)(F)F. The molecule has 0 saturated carbocycles. The smallest absolute Gasteiger partial charge is 0.363 e. The maximum Gasteiger partial charge on any atom is 0.398 e. The van der Waals surface area contributed by atoms with Crippen LogP contribution in [0.5, 0.6) is 0 Å². The van der Waals surface area contributed by atoms with Gasteiger partial charge in [0.2, 0.25) is 5.82 Å². The van der Waals surface area contributed by atoms with E-state index in [1.54, 1.807) is 0 Å². The van der Waals surface area contributed by atoms with E-state index in [4.69, 9.17) is 5.73 Å². The fourth-order valence-electron chi connectivity index (χ4n) is 0.783. The molecule has 0 unspecified atom stereocenters. The minimum atomic E-state index is -4.46. The van der Waals surface area contributed by atoms with Gasteiger partial charge >= 0.3 is 6.18 Å². The number of amides is 1. The quantitative estimate of drug-likeness (QED) is 0.792. The predicted molar refractivity (Wildman–Crippen MR) is 42.8 cm³/mol. The topological polar surface area (TPSA) is 81.8 Å². The van der Waals surface area contributed by atoms with Gasteiger partial charge in [-0.25, -0.2) is 15.0 Å². The standard InChI is InChI=1S/C7H7F3N4O/c1-3(7(8,9)10)5-12-2-13-6(14-5)4(11)15/h2-3H,1H3,(H2,11,15)/t3-/m0/s1. The summed E-state index contributed by atoms with van der Waals surface area (Å²) in [6.45, 7) is 0.889. The number of halogens is 3. The van der Waals surface area contributed by atoms with Gasteiger partial charge in [-0.05, 0) is 6.92 Å². The third kappa shape index (κ3) is 2.61. The highest BCUT2D eigenvalue weighted by Crippen LogP contribution is 2.31. The summed E-state index contributed by atoms with van der Waals surface area (Å²) >= 11 is 0. The van der Waals surface area contributed by atoms with Gasteiger partial charge in [-0.15, -0.1) is 0 Å². The van der Waals surface area contributed by atoms with Crippen LogP contribution in [-0.2, 0) is 0 Å². The average Bonchev–Trinajstić information content (AvgIpc) is 2.15. The lowest BCUT2D eigenvalue weighted by atomic mass is 10.1. The van der Waals surface area contributed by atoms with Crippen molar-refractivity contribution in [2.24, 2.45) is 5.73 Å². The van der Waals surface area contributed by atoms with Gasteiger partial charge in [-0.1, -0.05) is 0 Å². The van der Waals surface area contributed by atoms with Crippen LogP contribution in [0.4, 0.5) is 13.2 Å². The summed E-state index contributed by atoms with van der Waals surface area (Å²) in [7, 11) is 0. The molecule has 1 aromatic rings. The maximum atomic E-state index is 12.3. The Kier molecular flexibility index (Phi) is 2.87. The second kappa shape index (κ2) is 3.79. The lowest BCUT2D eigenvalue weighted by Gasteiger charge is -2.13. The molecule has 8 heteroatoms. The molecule has 0 aliphatic rings. The number of rotatable bonds is 2. The van der Waals surface area contributed by atoms with Gasteiger partial charge in [0.15, 0.2) is 0 Å². The van der Waals surface area contributed by atoms with Crippen molar-refractivity contribution in [3.05, 3.63) is 18.0 Å². The van der Waals surface area contributed by atoms with Crippen molar-refractivity contribution in [3.63, 3.8) is 0 Å². The van der Waals surface area contributed by atoms with Crippen molar-refractivity contribution in [3.8, 4) is 0 Å². The molecule has 0 spiro atoms. The minimum Gasteiger partial charge on any atom is -0.363 e. The predicted octanol–water partition coefficient (Wildman–Crippen LogP) is 0.636. The molecule has 1 heterocycles. The van der Waals surface area contributed by atoms with E-state index in [1.165, 1.54) is 0 Å². The summed E-state index contributed by atoms with van der Waals surface area (Å²) in [6, 6.07) is 0. The zero-order chi connectivity index (χ0) is 11.6. The van der Waals surface area contributed by atoms with Gasteiger partial charge in [0.1, 0.15) is 18.1 Å². The lowest BCUT2D eigenvalue weighted by molar-refractivity contribution is -0.148. The number of primary amides is 1. The van der Waals surface area contributed by atoms with Crippen LogP contribution in [0.15, 0.2) is 6.33 Å². The fourth-order valence-corrected chi connectivity index (χ4v) is 0.783. The van der Waals surface area contributed by atoms with Crippen LogP contribution in [-0.4, -0.2) is 27.0 Å². The van der Waals surface area contributed by atoms with Crippen LogP contribution in [0.2, 0.25) is 0 Å². The van der Waals surface area contributed by atoms with Crippen LogP contribution in [0.3, 0.4) is 0 Å². The third-order valence-corrected chi connectivity index (χ3v) is 1.69. The van der Waals surface area contributed by atoms with E-state index < -0.39 is 29.7 Å². The molecule has 0 bridgehead atoms. The van der Waals surface area contributed by atoms with E-state index in [9.17, 15) is 18.0 Å². The van der Waals surface area contributed by atoms with Gasteiger partial charge < -0.3 is 5.73 Å². The first-order chi connectivity index (χ1) is 6.82. The second-order valence-corrected chi connectivity index (χ2v) is 2.79. The van der Waals surface area contributed by atoms with E-state index in [0.29, 0.717) is 0 Å². The Morgan fingerprint density at radius 2 is 2.07 bits per heavy atom. The molecule has 82 valence electrons. The van der Waals surface area contributed by atoms with Gasteiger partial charge in [0.05, 0.1) is 0 Å². The Morgan fingerprint density at radius 3 is 2.53 bits per heavy atom. The maximum absolute atomic E-state index is 12.3. The average molecular weight is 220 g/mol. The molecular weight excluding hydrogens is 213 g/mol. The molecule has 2 N–H and O–H groups in total. The van der Waals surface area contributed by atoms with Crippen LogP contribution in [0.25, 0.3) is 0 Å². The van der Waals surface area contributed by atoms with Gasteiger partial charge in [-0.2, -0.15) is 13.2 Å². The number of hydrogen-bond acceptors (Lipinski definition) is 4. The normalized spacial score (nSPS) is 13.6. The van der Waals surface area contributed by atoms with Crippen molar-refractivity contribution in [2.75, 3.05) is 0 Å². The monoisotopic (exact) mass is 220 g/mol. The highest BCUT2D eigenvalue weighted by atomic mass is 19.4. The summed E-state index contributed by atoms with van der Waals surface area (Å²) in [5.41, 5.74) is 4.82. The van der Waals surface area contributed by atoms with E-state index in [2.05, 4.69) is 15.0 Å². The summed E-state index contributed by atoms with van der Waals surface area (Å²) < 4.78 is 36.8. The van der Waals surface area contributed by atoms with Crippen molar-refractivity contribution in [2.45, 2.75) is 19.0 Å². The number of aromatic nitrogens is 3. The van der Waals surface area contributed by atoms with Crippen LogP contribution >= 0.6 is 0 Å². The lowest BCUT2D eigenvalue weighted by Crippen LogP contribution is -2.23. The molecule has 0 fully saturated rings. The first-order valence-electron chi connectivity index (χ1n) is 3.88. The summed E-state index contributed by atoms with van der Waals surface area (Å²) in [5.74, 6) is -3.85. The molecule has 0 aliphatic carbocycles. The molecule has 1 rings (SSSR count). The van der Waals surface area contributed by atoms with E-state index in [1.807, 2.05) is 0 Å². The zero-order valence-corrected chi connectivity index (χ0v) is 7.62. The Morgan fingerprint density at radius 1 is 1.47 bits per heavy atom.